The van der Waals surface area contributed by atoms with Crippen molar-refractivity contribution in [2.24, 2.45) is 0 Å². The molecule has 0 bridgehead atoms. The Hall–Kier alpha value is -2.37. The molecule has 71 heavy (non-hydrogen) atoms. The molecule has 0 aliphatic rings. The summed E-state index contributed by atoms with van der Waals surface area (Å²) in [4.78, 5) is 38.3. The van der Waals surface area contributed by atoms with Gasteiger partial charge in [-0.3, -0.25) is 14.4 Å². The molecule has 0 N–H and O–H groups in total. The average Bonchev–Trinajstić information content (AvgIpc) is 3.37. The minimum absolute atomic E-state index is 0.0751. The third-order valence-electron chi connectivity index (χ3n) is 14.1. The summed E-state index contributed by atoms with van der Waals surface area (Å²) >= 11 is 0. The zero-order valence-corrected chi connectivity index (χ0v) is 47.8. The van der Waals surface area contributed by atoms with E-state index in [1.165, 1.54) is 225 Å². The quantitative estimate of drug-likeness (QED) is 0.0261. The summed E-state index contributed by atoms with van der Waals surface area (Å²) in [6, 6.07) is 0. The van der Waals surface area contributed by atoms with Crippen LogP contribution in [0.2, 0.25) is 0 Å². The Bertz CT molecular complexity index is 1190. The number of hydrogen-bond donors (Lipinski definition) is 0. The predicted molar refractivity (Wildman–Crippen MR) is 307 cm³/mol. The molecule has 0 spiro atoms. The van der Waals surface area contributed by atoms with Crippen molar-refractivity contribution in [3.8, 4) is 0 Å². The molecule has 0 amide bonds. The monoisotopic (exact) mass is 997 g/mol. The maximum Gasteiger partial charge on any atom is 0.306 e. The first-order valence-corrected chi connectivity index (χ1v) is 31.5. The number of ether oxygens (including phenoxy) is 3. The minimum atomic E-state index is -0.777. The fraction of sp³-hybridized carbons (Fsp3) is 0.862. The van der Waals surface area contributed by atoms with E-state index < -0.39 is 6.10 Å². The molecule has 1 atom stereocenters. The summed E-state index contributed by atoms with van der Waals surface area (Å²) in [5.41, 5.74) is 0. The summed E-state index contributed by atoms with van der Waals surface area (Å²) < 4.78 is 16.9. The van der Waals surface area contributed by atoms with E-state index in [4.69, 9.17) is 14.2 Å². The van der Waals surface area contributed by atoms with Crippen LogP contribution in [0.25, 0.3) is 0 Å². The molecule has 0 aromatic rings. The van der Waals surface area contributed by atoms with Gasteiger partial charge in [0.2, 0.25) is 0 Å². The minimum Gasteiger partial charge on any atom is -0.462 e. The largest absolute Gasteiger partial charge is 0.462 e. The molecule has 0 saturated carbocycles. The van der Waals surface area contributed by atoms with Crippen LogP contribution in [-0.2, 0) is 28.6 Å². The number of carbonyl (C=O) groups excluding carboxylic acids is 3. The van der Waals surface area contributed by atoms with Crippen LogP contribution in [0.4, 0.5) is 0 Å². The third-order valence-corrected chi connectivity index (χ3v) is 14.1. The van der Waals surface area contributed by atoms with Gasteiger partial charge in [-0.2, -0.15) is 0 Å². The van der Waals surface area contributed by atoms with Crippen molar-refractivity contribution in [1.29, 1.82) is 0 Å². The van der Waals surface area contributed by atoms with E-state index in [-0.39, 0.29) is 31.1 Å². The fourth-order valence-corrected chi connectivity index (χ4v) is 9.35. The Morgan fingerprint density at radius 2 is 0.507 bits per heavy atom. The van der Waals surface area contributed by atoms with Crippen molar-refractivity contribution < 1.29 is 28.6 Å². The van der Waals surface area contributed by atoms with Crippen LogP contribution in [0, 0.1) is 0 Å². The van der Waals surface area contributed by atoms with Gasteiger partial charge in [0.1, 0.15) is 13.2 Å². The Kier molecular flexibility index (Phi) is 58.2. The van der Waals surface area contributed by atoms with Crippen LogP contribution >= 0.6 is 0 Å². The fourth-order valence-electron chi connectivity index (χ4n) is 9.35. The van der Waals surface area contributed by atoms with Crippen molar-refractivity contribution in [2.75, 3.05) is 13.2 Å². The number of rotatable bonds is 58. The molecule has 0 aromatic heterocycles. The van der Waals surface area contributed by atoms with Crippen molar-refractivity contribution in [3.63, 3.8) is 0 Å². The van der Waals surface area contributed by atoms with Gasteiger partial charge < -0.3 is 14.2 Å². The Balaban J connectivity index is 4.33. The van der Waals surface area contributed by atoms with Crippen molar-refractivity contribution in [2.45, 2.75) is 348 Å². The summed E-state index contributed by atoms with van der Waals surface area (Å²) in [5, 5.41) is 0. The molecule has 0 saturated heterocycles. The number of allylic oxidation sites excluding steroid dienone is 6. The number of esters is 3. The molecule has 0 unspecified atom stereocenters. The lowest BCUT2D eigenvalue weighted by Crippen LogP contribution is -2.30. The molecule has 0 heterocycles. The van der Waals surface area contributed by atoms with Gasteiger partial charge in [-0.1, -0.05) is 282 Å². The van der Waals surface area contributed by atoms with Gasteiger partial charge in [0.15, 0.2) is 6.10 Å². The second-order valence-electron chi connectivity index (χ2n) is 21.3. The molecule has 0 aliphatic carbocycles. The first kappa shape index (κ1) is 68.6. The first-order valence-electron chi connectivity index (χ1n) is 31.5. The SMILES string of the molecule is CCCCC/C=C\C/C=C\CCCCCCCC(=O)OC[C@H](COC(=O)CCCCCCCCC/C=C\CCCCCCCC)OC(=O)CCCCCCCCCCCCCCCCCCCCCCC. The first-order chi connectivity index (χ1) is 35.0. The molecule has 0 aromatic carbocycles. The molecule has 0 aliphatic heterocycles. The summed E-state index contributed by atoms with van der Waals surface area (Å²) in [6.07, 6.45) is 72.9. The highest BCUT2D eigenvalue weighted by molar-refractivity contribution is 5.71. The van der Waals surface area contributed by atoms with Gasteiger partial charge in [0.25, 0.3) is 0 Å². The van der Waals surface area contributed by atoms with Crippen LogP contribution in [0.1, 0.15) is 342 Å². The highest BCUT2D eigenvalue weighted by atomic mass is 16.6. The molecule has 0 rings (SSSR count). The number of unbranched alkanes of at least 4 members (excludes halogenated alkanes) is 41. The molecule has 6 nitrogen and oxygen atoms in total. The van der Waals surface area contributed by atoms with E-state index in [0.29, 0.717) is 19.3 Å². The molecular formula is C65H120O6. The van der Waals surface area contributed by atoms with Gasteiger partial charge in [-0.05, 0) is 77.0 Å². The Morgan fingerprint density at radius 1 is 0.282 bits per heavy atom. The molecule has 416 valence electrons. The topological polar surface area (TPSA) is 78.9 Å². The maximum atomic E-state index is 12.9. The summed E-state index contributed by atoms with van der Waals surface area (Å²) in [6.45, 7) is 6.65. The highest BCUT2D eigenvalue weighted by Crippen LogP contribution is 2.17. The van der Waals surface area contributed by atoms with E-state index in [2.05, 4.69) is 57.2 Å². The van der Waals surface area contributed by atoms with E-state index in [1.807, 2.05) is 0 Å². The van der Waals surface area contributed by atoms with E-state index in [9.17, 15) is 14.4 Å². The lowest BCUT2D eigenvalue weighted by atomic mass is 10.0. The van der Waals surface area contributed by atoms with Crippen LogP contribution in [0.3, 0.4) is 0 Å². The van der Waals surface area contributed by atoms with Crippen LogP contribution in [0.15, 0.2) is 36.5 Å². The molecule has 6 heteroatoms. The van der Waals surface area contributed by atoms with E-state index in [0.717, 1.165) is 77.0 Å². The predicted octanol–water partition coefficient (Wildman–Crippen LogP) is 21.2. The summed E-state index contributed by atoms with van der Waals surface area (Å²) in [7, 11) is 0. The standard InChI is InChI=1S/C65H120O6/c1-4-7-10-13-16-19-22-25-28-30-31-32-33-35-38-41-44-47-50-53-56-59-65(68)71-62(60-69-63(66)57-54-51-48-45-42-39-36-27-24-21-18-15-12-9-6-3)61-70-64(67)58-55-52-49-46-43-40-37-34-29-26-23-20-17-14-11-8-5-2/h18,21,26-27,29,36,62H,4-17,19-20,22-25,28,30-35,37-61H2,1-3H3/b21-18-,29-26-,36-27-/t62-/m1/s1. The second kappa shape index (κ2) is 60.2. The van der Waals surface area contributed by atoms with E-state index in [1.54, 1.807) is 0 Å². The number of hydrogen-bond acceptors (Lipinski definition) is 6. The Morgan fingerprint density at radius 3 is 0.817 bits per heavy atom. The Labute approximate surface area is 442 Å². The van der Waals surface area contributed by atoms with Crippen molar-refractivity contribution in [1.82, 2.24) is 0 Å². The van der Waals surface area contributed by atoms with E-state index >= 15 is 0 Å². The van der Waals surface area contributed by atoms with Gasteiger partial charge >= 0.3 is 17.9 Å². The van der Waals surface area contributed by atoms with Crippen LogP contribution < -0.4 is 0 Å². The number of carbonyl (C=O) groups is 3. The van der Waals surface area contributed by atoms with Gasteiger partial charge in [-0.25, -0.2) is 0 Å². The zero-order chi connectivity index (χ0) is 51.4. The average molecular weight is 998 g/mol. The van der Waals surface area contributed by atoms with Gasteiger partial charge in [-0.15, -0.1) is 0 Å². The lowest BCUT2D eigenvalue weighted by molar-refractivity contribution is -0.167. The molecule has 0 fully saturated rings. The normalized spacial score (nSPS) is 12.2. The van der Waals surface area contributed by atoms with Crippen molar-refractivity contribution in [3.05, 3.63) is 36.5 Å². The smallest absolute Gasteiger partial charge is 0.306 e. The lowest BCUT2D eigenvalue weighted by Gasteiger charge is -2.18. The van der Waals surface area contributed by atoms with Crippen molar-refractivity contribution >= 4 is 17.9 Å². The second-order valence-corrected chi connectivity index (χ2v) is 21.3. The molecular weight excluding hydrogens is 877 g/mol. The van der Waals surface area contributed by atoms with Gasteiger partial charge in [0.05, 0.1) is 0 Å². The van der Waals surface area contributed by atoms with Crippen LogP contribution in [-0.4, -0.2) is 37.2 Å². The molecule has 0 radical (unpaired) electrons. The zero-order valence-electron chi connectivity index (χ0n) is 47.8. The highest BCUT2D eigenvalue weighted by Gasteiger charge is 2.19. The van der Waals surface area contributed by atoms with Gasteiger partial charge in [0, 0.05) is 19.3 Å². The van der Waals surface area contributed by atoms with Crippen LogP contribution in [0.5, 0.6) is 0 Å². The summed E-state index contributed by atoms with van der Waals surface area (Å²) in [5.74, 6) is -0.871. The maximum absolute atomic E-state index is 12.9. The third kappa shape index (κ3) is 58.4.